The van der Waals surface area contributed by atoms with Crippen LogP contribution in [0.2, 0.25) is 0 Å². The van der Waals surface area contributed by atoms with Gasteiger partial charge in [-0.05, 0) is 17.7 Å². The highest BCUT2D eigenvalue weighted by molar-refractivity contribution is 5.77. The molecule has 0 aromatic heterocycles. The number of rotatable bonds is 2. The molecule has 0 radical (unpaired) electrons. The maximum atomic E-state index is 10.9. The van der Waals surface area contributed by atoms with E-state index < -0.39 is 12.0 Å². The second-order valence-electron chi connectivity index (χ2n) is 2.51. The number of carbonyl (C=O) groups excluding carboxylic acids is 1. The minimum Gasteiger partial charge on any atom is -0.508 e. The number of carbonyl (C=O) groups is 1. The number of hydrogen-bond donors (Lipinski definition) is 3. The molecule has 1 aromatic carbocycles. The van der Waals surface area contributed by atoms with Crippen molar-refractivity contribution in [3.8, 4) is 5.75 Å². The molecule has 0 aliphatic carbocycles. The van der Waals surface area contributed by atoms with Crippen LogP contribution in [0.3, 0.4) is 0 Å². The molecular weight excluding hydrogens is 172 g/mol. The fourth-order valence-electron chi connectivity index (χ4n) is 0.891. The van der Waals surface area contributed by atoms with Crippen molar-refractivity contribution in [2.75, 3.05) is 0 Å². The summed E-state index contributed by atoms with van der Waals surface area (Å²) in [6, 6.07) is 5.00. The fourth-order valence-corrected chi connectivity index (χ4v) is 0.891. The normalized spacial score (nSPS) is 12.2. The first-order valence-corrected chi connectivity index (χ1v) is 3.60. The van der Waals surface area contributed by atoms with Gasteiger partial charge in [0.15, 0.2) is 0 Å². The molecule has 13 heavy (non-hydrogen) atoms. The first-order valence-electron chi connectivity index (χ1n) is 3.60. The zero-order chi connectivity index (χ0) is 9.84. The third-order valence-electron chi connectivity index (χ3n) is 1.62. The minimum absolute atomic E-state index is 0.108. The van der Waals surface area contributed by atoms with E-state index in [9.17, 15) is 4.79 Å². The highest BCUT2D eigenvalue weighted by atomic mass is 16.7. The van der Waals surface area contributed by atoms with E-state index in [-0.39, 0.29) is 5.75 Å². The van der Waals surface area contributed by atoms with Crippen molar-refractivity contribution in [2.24, 2.45) is 11.6 Å². The van der Waals surface area contributed by atoms with Crippen molar-refractivity contribution >= 4 is 5.97 Å². The first-order chi connectivity index (χ1) is 6.15. The Bertz CT molecular complexity index is 297. The topological polar surface area (TPSA) is 98.6 Å². The van der Waals surface area contributed by atoms with Crippen molar-refractivity contribution in [3.63, 3.8) is 0 Å². The lowest BCUT2D eigenvalue weighted by Crippen LogP contribution is -2.25. The highest BCUT2D eigenvalue weighted by Gasteiger charge is 2.16. The second kappa shape index (κ2) is 3.88. The molecule has 0 spiro atoms. The van der Waals surface area contributed by atoms with Crippen molar-refractivity contribution in [2.45, 2.75) is 6.04 Å². The SMILES string of the molecule is NOC(=O)[C@@H](N)c1ccc(O)cc1. The van der Waals surface area contributed by atoms with Gasteiger partial charge in [-0.3, -0.25) is 0 Å². The zero-order valence-electron chi connectivity index (χ0n) is 6.81. The van der Waals surface area contributed by atoms with E-state index >= 15 is 0 Å². The number of benzene rings is 1. The molecule has 0 bridgehead atoms. The van der Waals surface area contributed by atoms with Crippen LogP contribution in [-0.2, 0) is 9.63 Å². The predicted molar refractivity (Wildman–Crippen MR) is 45.3 cm³/mol. The van der Waals surface area contributed by atoms with E-state index in [1.54, 1.807) is 0 Å². The van der Waals surface area contributed by atoms with E-state index in [0.717, 1.165) is 0 Å². The van der Waals surface area contributed by atoms with Gasteiger partial charge in [-0.25, -0.2) is 4.79 Å². The molecule has 1 aromatic rings. The van der Waals surface area contributed by atoms with Gasteiger partial charge in [0.25, 0.3) is 0 Å². The van der Waals surface area contributed by atoms with Crippen LogP contribution in [-0.4, -0.2) is 11.1 Å². The van der Waals surface area contributed by atoms with Crippen LogP contribution in [0.1, 0.15) is 11.6 Å². The summed E-state index contributed by atoms with van der Waals surface area (Å²) in [6.07, 6.45) is 0. The van der Waals surface area contributed by atoms with Crippen molar-refractivity contribution < 1.29 is 14.7 Å². The van der Waals surface area contributed by atoms with Crippen LogP contribution >= 0.6 is 0 Å². The van der Waals surface area contributed by atoms with Crippen LogP contribution in [0, 0.1) is 0 Å². The summed E-state index contributed by atoms with van der Waals surface area (Å²) in [5.74, 6) is 4.05. The molecule has 1 rings (SSSR count). The monoisotopic (exact) mass is 182 g/mol. The average molecular weight is 182 g/mol. The number of nitrogens with two attached hydrogens (primary N) is 2. The van der Waals surface area contributed by atoms with E-state index in [1.807, 2.05) is 0 Å². The van der Waals surface area contributed by atoms with Gasteiger partial charge in [-0.1, -0.05) is 12.1 Å². The molecular formula is C8H10N2O3. The number of hydrogen-bond acceptors (Lipinski definition) is 5. The van der Waals surface area contributed by atoms with Gasteiger partial charge in [0, 0.05) is 0 Å². The second-order valence-corrected chi connectivity index (χ2v) is 2.51. The van der Waals surface area contributed by atoms with Gasteiger partial charge in [0.1, 0.15) is 11.8 Å². The molecule has 0 saturated heterocycles. The summed E-state index contributed by atoms with van der Waals surface area (Å²) in [5, 5.41) is 8.95. The maximum absolute atomic E-state index is 10.9. The quantitative estimate of drug-likeness (QED) is 0.550. The Kier molecular flexibility index (Phi) is 2.84. The minimum atomic E-state index is -0.911. The average Bonchev–Trinajstić information content (AvgIpc) is 2.17. The van der Waals surface area contributed by atoms with Crippen molar-refractivity contribution in [3.05, 3.63) is 29.8 Å². The summed E-state index contributed by atoms with van der Waals surface area (Å²) in [7, 11) is 0. The molecule has 5 N–H and O–H groups in total. The Morgan fingerprint density at radius 3 is 2.38 bits per heavy atom. The third kappa shape index (κ3) is 2.17. The fraction of sp³-hybridized carbons (Fsp3) is 0.125. The van der Waals surface area contributed by atoms with Crippen LogP contribution in [0.4, 0.5) is 0 Å². The molecule has 1 atom stereocenters. The number of aromatic hydroxyl groups is 1. The molecule has 0 heterocycles. The van der Waals surface area contributed by atoms with Gasteiger partial charge in [0.2, 0.25) is 0 Å². The summed E-state index contributed by atoms with van der Waals surface area (Å²) >= 11 is 0. The van der Waals surface area contributed by atoms with Gasteiger partial charge in [0.05, 0.1) is 0 Å². The van der Waals surface area contributed by atoms with Gasteiger partial charge < -0.3 is 15.7 Å². The predicted octanol–water partition coefficient (Wildman–Crippen LogP) is -0.191. The van der Waals surface area contributed by atoms with Gasteiger partial charge in [-0.15, -0.1) is 0 Å². The first kappa shape index (κ1) is 9.50. The molecule has 0 unspecified atom stereocenters. The summed E-state index contributed by atoms with van der Waals surface area (Å²) in [4.78, 5) is 14.8. The van der Waals surface area contributed by atoms with Crippen LogP contribution < -0.4 is 11.6 Å². The summed E-state index contributed by atoms with van der Waals surface area (Å²) in [5.41, 5.74) is 6.00. The lowest BCUT2D eigenvalue weighted by Gasteiger charge is -2.08. The molecule has 0 aliphatic heterocycles. The lowest BCUT2D eigenvalue weighted by molar-refractivity contribution is -0.145. The van der Waals surface area contributed by atoms with E-state index in [1.165, 1.54) is 24.3 Å². The van der Waals surface area contributed by atoms with Gasteiger partial charge in [-0.2, -0.15) is 5.90 Å². The van der Waals surface area contributed by atoms with E-state index in [2.05, 4.69) is 10.7 Å². The molecule has 0 saturated carbocycles. The Balaban J connectivity index is 2.83. The van der Waals surface area contributed by atoms with E-state index in [4.69, 9.17) is 10.8 Å². The molecule has 0 aliphatic rings. The molecule has 70 valence electrons. The third-order valence-corrected chi connectivity index (χ3v) is 1.62. The Labute approximate surface area is 74.9 Å². The molecule has 0 fully saturated rings. The highest BCUT2D eigenvalue weighted by Crippen LogP contribution is 2.15. The molecule has 5 nitrogen and oxygen atoms in total. The molecule has 0 amide bonds. The van der Waals surface area contributed by atoms with Crippen molar-refractivity contribution in [1.82, 2.24) is 0 Å². The van der Waals surface area contributed by atoms with Gasteiger partial charge >= 0.3 is 5.97 Å². The summed E-state index contributed by atoms with van der Waals surface area (Å²) < 4.78 is 0. The van der Waals surface area contributed by atoms with Crippen LogP contribution in [0.5, 0.6) is 5.75 Å². The lowest BCUT2D eigenvalue weighted by atomic mass is 10.1. The van der Waals surface area contributed by atoms with Crippen LogP contribution in [0.15, 0.2) is 24.3 Å². The summed E-state index contributed by atoms with van der Waals surface area (Å²) in [6.45, 7) is 0. The Hall–Kier alpha value is -1.59. The van der Waals surface area contributed by atoms with E-state index in [0.29, 0.717) is 5.56 Å². The smallest absolute Gasteiger partial charge is 0.345 e. The standard InChI is InChI=1S/C8H10N2O3/c9-7(8(12)13-10)5-1-3-6(11)4-2-5/h1-4,7,11H,9-10H2/t7-/m0/s1. The number of phenolic OH excluding ortho intramolecular Hbond substituents is 1. The largest absolute Gasteiger partial charge is 0.508 e. The maximum Gasteiger partial charge on any atom is 0.345 e. The zero-order valence-corrected chi connectivity index (χ0v) is 6.81. The number of phenols is 1. The Morgan fingerprint density at radius 1 is 1.38 bits per heavy atom. The van der Waals surface area contributed by atoms with Crippen LogP contribution in [0.25, 0.3) is 0 Å². The molecule has 5 heteroatoms. The van der Waals surface area contributed by atoms with Crippen molar-refractivity contribution in [1.29, 1.82) is 0 Å². The Morgan fingerprint density at radius 2 is 1.92 bits per heavy atom.